The number of nitrogens with one attached hydrogen (secondary N) is 2. The lowest BCUT2D eigenvalue weighted by atomic mass is 10.2. The molecule has 0 atom stereocenters. The fourth-order valence-corrected chi connectivity index (χ4v) is 1.99. The molecule has 0 aliphatic heterocycles. The SMILES string of the molecule is CCCOCCCNC(=S)Nc1ccc(Br)c(C)c1. The van der Waals surface area contributed by atoms with Gasteiger partial charge in [-0.2, -0.15) is 0 Å². The molecule has 2 N–H and O–H groups in total. The van der Waals surface area contributed by atoms with Crippen LogP contribution in [0.25, 0.3) is 0 Å². The molecule has 3 nitrogen and oxygen atoms in total. The van der Waals surface area contributed by atoms with Gasteiger partial charge in [0, 0.05) is 29.9 Å². The maximum atomic E-state index is 5.40. The van der Waals surface area contributed by atoms with Crippen LogP contribution in [0.1, 0.15) is 25.3 Å². The fraction of sp³-hybridized carbons (Fsp3) is 0.500. The Hall–Kier alpha value is -0.650. The van der Waals surface area contributed by atoms with Crippen LogP contribution in [0.5, 0.6) is 0 Å². The number of ether oxygens (including phenoxy) is 1. The van der Waals surface area contributed by atoms with Crippen LogP contribution in [-0.2, 0) is 4.74 Å². The first kappa shape index (κ1) is 16.4. The van der Waals surface area contributed by atoms with E-state index in [1.807, 2.05) is 12.1 Å². The highest BCUT2D eigenvalue weighted by Gasteiger charge is 1.99. The molecular weight excluding hydrogens is 324 g/mol. The van der Waals surface area contributed by atoms with Gasteiger partial charge in [0.15, 0.2) is 5.11 Å². The third-order valence-corrected chi connectivity index (χ3v) is 3.65. The molecule has 0 aliphatic carbocycles. The number of halogens is 1. The highest BCUT2D eigenvalue weighted by atomic mass is 79.9. The number of benzene rings is 1. The molecule has 0 spiro atoms. The number of hydrogen-bond acceptors (Lipinski definition) is 2. The summed E-state index contributed by atoms with van der Waals surface area (Å²) in [6, 6.07) is 6.07. The summed E-state index contributed by atoms with van der Waals surface area (Å²) in [6.45, 7) is 6.60. The molecule has 0 saturated carbocycles. The maximum Gasteiger partial charge on any atom is 0.170 e. The number of aryl methyl sites for hydroxylation is 1. The van der Waals surface area contributed by atoms with E-state index in [0.717, 1.165) is 42.8 Å². The Morgan fingerprint density at radius 1 is 1.37 bits per heavy atom. The lowest BCUT2D eigenvalue weighted by Gasteiger charge is -2.11. The Morgan fingerprint density at radius 2 is 2.16 bits per heavy atom. The van der Waals surface area contributed by atoms with Crippen LogP contribution in [0.4, 0.5) is 5.69 Å². The molecule has 0 bridgehead atoms. The number of anilines is 1. The second kappa shape index (κ2) is 9.28. The molecule has 0 radical (unpaired) electrons. The molecule has 0 fully saturated rings. The monoisotopic (exact) mass is 344 g/mol. The largest absolute Gasteiger partial charge is 0.381 e. The Labute approximate surface area is 129 Å². The Morgan fingerprint density at radius 3 is 2.84 bits per heavy atom. The van der Waals surface area contributed by atoms with Gasteiger partial charge in [-0.1, -0.05) is 22.9 Å². The first-order valence-electron chi connectivity index (χ1n) is 6.52. The molecule has 0 heterocycles. The molecule has 1 aromatic rings. The van der Waals surface area contributed by atoms with Crippen LogP contribution in [0.3, 0.4) is 0 Å². The molecule has 1 aromatic carbocycles. The van der Waals surface area contributed by atoms with Gasteiger partial charge in [0.1, 0.15) is 0 Å². The molecule has 0 unspecified atom stereocenters. The lowest BCUT2D eigenvalue weighted by Crippen LogP contribution is -2.29. The van der Waals surface area contributed by atoms with E-state index in [1.165, 1.54) is 5.56 Å². The van der Waals surface area contributed by atoms with Crippen molar-refractivity contribution in [1.29, 1.82) is 0 Å². The van der Waals surface area contributed by atoms with Crippen molar-refractivity contribution >= 4 is 38.9 Å². The van der Waals surface area contributed by atoms with Crippen molar-refractivity contribution in [2.45, 2.75) is 26.7 Å². The standard InChI is InChI=1S/C14H21BrN2OS/c1-3-8-18-9-4-7-16-14(19)17-12-5-6-13(15)11(2)10-12/h5-6,10H,3-4,7-9H2,1-2H3,(H2,16,17,19). The number of rotatable bonds is 7. The van der Waals surface area contributed by atoms with Crippen LogP contribution < -0.4 is 10.6 Å². The summed E-state index contributed by atoms with van der Waals surface area (Å²) in [5, 5.41) is 6.99. The summed E-state index contributed by atoms with van der Waals surface area (Å²) in [4.78, 5) is 0. The zero-order chi connectivity index (χ0) is 14.1. The average molecular weight is 345 g/mol. The van der Waals surface area contributed by atoms with Crippen molar-refractivity contribution in [3.63, 3.8) is 0 Å². The zero-order valence-corrected chi connectivity index (χ0v) is 13.9. The highest BCUT2D eigenvalue weighted by Crippen LogP contribution is 2.19. The molecule has 106 valence electrons. The summed E-state index contributed by atoms with van der Waals surface area (Å²) in [7, 11) is 0. The van der Waals surface area contributed by atoms with Crippen molar-refractivity contribution in [2.24, 2.45) is 0 Å². The van der Waals surface area contributed by atoms with Gasteiger partial charge in [0.2, 0.25) is 0 Å². The molecule has 0 saturated heterocycles. The average Bonchev–Trinajstić information content (AvgIpc) is 2.38. The molecule has 19 heavy (non-hydrogen) atoms. The summed E-state index contributed by atoms with van der Waals surface area (Å²) in [6.07, 6.45) is 2.03. The Bertz CT molecular complexity index is 412. The minimum absolute atomic E-state index is 0.650. The zero-order valence-electron chi connectivity index (χ0n) is 11.5. The van der Waals surface area contributed by atoms with Crippen molar-refractivity contribution in [2.75, 3.05) is 25.1 Å². The molecule has 1 rings (SSSR count). The summed E-state index contributed by atoms with van der Waals surface area (Å²) in [5.74, 6) is 0. The van der Waals surface area contributed by atoms with Gasteiger partial charge in [0.25, 0.3) is 0 Å². The molecule has 5 heteroatoms. The fourth-order valence-electron chi connectivity index (χ4n) is 1.52. The second-order valence-electron chi connectivity index (χ2n) is 4.31. The normalized spacial score (nSPS) is 10.3. The van der Waals surface area contributed by atoms with Gasteiger partial charge in [-0.05, 0) is 55.7 Å². The van der Waals surface area contributed by atoms with Gasteiger partial charge < -0.3 is 15.4 Å². The van der Waals surface area contributed by atoms with Crippen molar-refractivity contribution in [3.8, 4) is 0 Å². The highest BCUT2D eigenvalue weighted by molar-refractivity contribution is 9.10. The maximum absolute atomic E-state index is 5.40. The smallest absolute Gasteiger partial charge is 0.170 e. The van der Waals surface area contributed by atoms with Gasteiger partial charge in [0.05, 0.1) is 0 Å². The van der Waals surface area contributed by atoms with Crippen molar-refractivity contribution in [3.05, 3.63) is 28.2 Å². The second-order valence-corrected chi connectivity index (χ2v) is 5.57. The predicted molar refractivity (Wildman–Crippen MR) is 88.8 cm³/mol. The Kier molecular flexibility index (Phi) is 8.02. The van der Waals surface area contributed by atoms with E-state index in [-0.39, 0.29) is 0 Å². The van der Waals surface area contributed by atoms with E-state index in [2.05, 4.69) is 46.5 Å². The first-order chi connectivity index (χ1) is 9.13. The van der Waals surface area contributed by atoms with Crippen LogP contribution in [-0.4, -0.2) is 24.9 Å². The van der Waals surface area contributed by atoms with E-state index in [1.54, 1.807) is 0 Å². The van der Waals surface area contributed by atoms with Crippen LogP contribution >= 0.6 is 28.1 Å². The van der Waals surface area contributed by atoms with Crippen molar-refractivity contribution in [1.82, 2.24) is 5.32 Å². The molecular formula is C14H21BrN2OS. The summed E-state index contributed by atoms with van der Waals surface area (Å²) >= 11 is 8.72. The van der Waals surface area contributed by atoms with E-state index < -0.39 is 0 Å². The molecule has 0 aliphatic rings. The predicted octanol–water partition coefficient (Wildman–Crippen LogP) is 3.86. The van der Waals surface area contributed by atoms with Gasteiger partial charge in [-0.25, -0.2) is 0 Å². The summed E-state index contributed by atoms with van der Waals surface area (Å²) in [5.41, 5.74) is 2.18. The topological polar surface area (TPSA) is 33.3 Å². The third-order valence-electron chi connectivity index (χ3n) is 2.52. The molecule has 0 aromatic heterocycles. The van der Waals surface area contributed by atoms with Crippen LogP contribution in [0, 0.1) is 6.92 Å². The van der Waals surface area contributed by atoms with Crippen molar-refractivity contribution < 1.29 is 4.74 Å². The Balaban J connectivity index is 2.21. The van der Waals surface area contributed by atoms with Gasteiger partial charge in [-0.15, -0.1) is 0 Å². The minimum Gasteiger partial charge on any atom is -0.381 e. The van der Waals surface area contributed by atoms with Gasteiger partial charge in [-0.3, -0.25) is 0 Å². The molecule has 0 amide bonds. The van der Waals surface area contributed by atoms with E-state index in [0.29, 0.717) is 5.11 Å². The van der Waals surface area contributed by atoms with Crippen LogP contribution in [0.15, 0.2) is 22.7 Å². The minimum atomic E-state index is 0.650. The van der Waals surface area contributed by atoms with E-state index >= 15 is 0 Å². The first-order valence-corrected chi connectivity index (χ1v) is 7.72. The quantitative estimate of drug-likeness (QED) is 0.581. The van der Waals surface area contributed by atoms with Gasteiger partial charge >= 0.3 is 0 Å². The van der Waals surface area contributed by atoms with Crippen LogP contribution in [0.2, 0.25) is 0 Å². The van der Waals surface area contributed by atoms with E-state index in [4.69, 9.17) is 17.0 Å². The van der Waals surface area contributed by atoms with E-state index in [9.17, 15) is 0 Å². The summed E-state index contributed by atoms with van der Waals surface area (Å²) < 4.78 is 6.50. The number of hydrogen-bond donors (Lipinski definition) is 2. The third kappa shape index (κ3) is 6.89. The lowest BCUT2D eigenvalue weighted by molar-refractivity contribution is 0.133. The number of thiocarbonyl (C=S) groups is 1.